The molecule has 96 heavy (non-hydrogen) atoms. The molecule has 7 heteroatoms. The quantitative estimate of drug-likeness (QED) is 0.121. The zero-order chi connectivity index (χ0) is 63.6. The van der Waals surface area contributed by atoms with E-state index in [9.17, 15) is 5.26 Å². The molecule has 0 aliphatic carbocycles. The van der Waals surface area contributed by atoms with Crippen LogP contribution in [0.5, 0.6) is 0 Å². The molecule has 0 radical (unpaired) electrons. The van der Waals surface area contributed by atoms with Crippen LogP contribution >= 0.6 is 0 Å². The van der Waals surface area contributed by atoms with E-state index in [1.165, 1.54) is 49.8 Å². The second kappa shape index (κ2) is 23.3. The van der Waals surface area contributed by atoms with E-state index < -0.39 is 0 Å². The fourth-order valence-electron chi connectivity index (χ4n) is 14.7. The summed E-state index contributed by atoms with van der Waals surface area (Å²) >= 11 is 0. The second-order valence-electron chi connectivity index (χ2n) is 24.8. The third kappa shape index (κ3) is 9.66. The van der Waals surface area contributed by atoms with Crippen molar-refractivity contribution in [1.82, 2.24) is 14.5 Å². The molecular weight excluding hydrogens is 1160 g/mol. The molecule has 14 aromatic carbocycles. The van der Waals surface area contributed by atoms with E-state index >= 15 is 0 Å². The van der Waals surface area contributed by atoms with Gasteiger partial charge >= 0.3 is 0 Å². The van der Waals surface area contributed by atoms with Crippen LogP contribution < -0.4 is 26.2 Å². The number of hydrogen-bond acceptors (Lipinski definition) is 5. The lowest BCUT2D eigenvalue weighted by Crippen LogP contribution is -2.61. The minimum atomic E-state index is -0.162. The third-order valence-corrected chi connectivity index (χ3v) is 19.2. The van der Waals surface area contributed by atoms with E-state index in [-0.39, 0.29) is 6.71 Å². The third-order valence-electron chi connectivity index (χ3n) is 19.2. The predicted octanol–water partition coefficient (Wildman–Crippen LogP) is 20.9. The highest BCUT2D eigenvalue weighted by molar-refractivity contribution is 7.00. The molecule has 6 nitrogen and oxygen atoms in total. The minimum absolute atomic E-state index is 0.162. The van der Waals surface area contributed by atoms with Gasteiger partial charge in [0.1, 0.15) is 0 Å². The Kier molecular flexibility index (Phi) is 13.6. The van der Waals surface area contributed by atoms with Crippen molar-refractivity contribution in [2.75, 3.05) is 9.80 Å². The number of anilines is 6. The smallest absolute Gasteiger partial charge is 0.252 e. The largest absolute Gasteiger partial charge is 0.311 e. The first kappa shape index (κ1) is 55.9. The van der Waals surface area contributed by atoms with Gasteiger partial charge in [0.25, 0.3) is 6.71 Å². The van der Waals surface area contributed by atoms with E-state index in [0.717, 1.165) is 106 Å². The molecule has 0 amide bonds. The summed E-state index contributed by atoms with van der Waals surface area (Å²) in [6, 6.07) is 127. The van der Waals surface area contributed by atoms with Gasteiger partial charge in [-0.1, -0.05) is 255 Å². The van der Waals surface area contributed by atoms with E-state index in [0.29, 0.717) is 17.1 Å². The highest BCUT2D eigenvalue weighted by atomic mass is 15.2. The SMILES string of the molecule is N#Cc1ccc(-n2c3ccccc3c3cc(-c4cc5c6c(c4)N(c4ccc(-c7ccccc7)cc4)c4ccc(-c7ccccc7)cc4B6c4cc(-c6ccccc6)ccc4N5c4ccc(-c5ccccc5)cc4)ccc32)c(-c2cc(-c3ccccc3)nc(-c3ccccc3)n2)c1. The molecule has 0 spiro atoms. The standard InChI is InChI=1S/C89H57BN6/c91-58-59-35-47-83(76(51-59)80-57-79(66-29-15-5-16-30-66)92-89(93-80)67-31-17-6-18-32-67)96-81-34-20-19-33-74(81)75-52-68(40-48-82(75)96)71-55-86-88-87(56-71)95(73-45-38-65(39-46-73)61-23-9-2-10-24-61)85-50-42-70(63-27-13-4-14-28-63)54-78(85)90(88)77-53-69(62-25-11-3-12-26-62)41-49-84(77)94(86)72-43-36-64(37-44-72)60-21-7-1-8-22-60/h1-57H. The molecule has 18 rings (SSSR count). The van der Waals surface area contributed by atoms with Crippen LogP contribution in [0, 0.1) is 11.3 Å². The fourth-order valence-corrected chi connectivity index (χ4v) is 14.7. The van der Waals surface area contributed by atoms with Crippen LogP contribution in [-0.4, -0.2) is 21.2 Å². The van der Waals surface area contributed by atoms with E-state index in [4.69, 9.17) is 9.97 Å². The number of aromatic nitrogens is 3. The summed E-state index contributed by atoms with van der Waals surface area (Å²) in [4.78, 5) is 15.5. The number of para-hydroxylation sites is 1. The monoisotopic (exact) mass is 1220 g/mol. The first-order chi connectivity index (χ1) is 47.5. The van der Waals surface area contributed by atoms with Crippen molar-refractivity contribution in [2.45, 2.75) is 0 Å². The highest BCUT2D eigenvalue weighted by Crippen LogP contribution is 2.49. The maximum atomic E-state index is 10.6. The first-order valence-electron chi connectivity index (χ1n) is 32.6. The maximum absolute atomic E-state index is 10.6. The Labute approximate surface area is 557 Å². The molecule has 0 fully saturated rings. The summed E-state index contributed by atoms with van der Waals surface area (Å²) in [6.07, 6.45) is 0. The van der Waals surface area contributed by atoms with Crippen molar-refractivity contribution in [3.63, 3.8) is 0 Å². The molecule has 446 valence electrons. The second-order valence-corrected chi connectivity index (χ2v) is 24.8. The summed E-state index contributed by atoms with van der Waals surface area (Å²) in [7, 11) is 0. The Morgan fingerprint density at radius 1 is 0.281 bits per heavy atom. The van der Waals surface area contributed by atoms with Crippen LogP contribution in [0.4, 0.5) is 34.1 Å². The number of nitrogens with zero attached hydrogens (tertiary/aromatic N) is 6. The Hall–Kier alpha value is -12.9. The lowest BCUT2D eigenvalue weighted by atomic mass is 9.33. The maximum Gasteiger partial charge on any atom is 0.252 e. The van der Waals surface area contributed by atoms with Gasteiger partial charge in [-0.3, -0.25) is 0 Å². The number of hydrogen-bond donors (Lipinski definition) is 0. The molecule has 0 saturated carbocycles. The van der Waals surface area contributed by atoms with Crippen molar-refractivity contribution in [3.05, 3.63) is 351 Å². The van der Waals surface area contributed by atoms with Gasteiger partial charge in [0, 0.05) is 61.6 Å². The first-order valence-corrected chi connectivity index (χ1v) is 32.6. The van der Waals surface area contributed by atoms with Gasteiger partial charge in [0.05, 0.1) is 39.7 Å². The average molecular weight is 1220 g/mol. The molecule has 16 aromatic rings. The van der Waals surface area contributed by atoms with Gasteiger partial charge in [-0.15, -0.1) is 0 Å². The van der Waals surface area contributed by atoms with Crippen molar-refractivity contribution >= 4 is 79.0 Å². The lowest BCUT2D eigenvalue weighted by Gasteiger charge is -2.44. The Morgan fingerprint density at radius 2 is 0.688 bits per heavy atom. The van der Waals surface area contributed by atoms with Gasteiger partial charge in [0.15, 0.2) is 5.82 Å². The van der Waals surface area contributed by atoms with E-state index in [1.54, 1.807) is 0 Å². The van der Waals surface area contributed by atoms with Gasteiger partial charge in [-0.05, 0) is 163 Å². The summed E-state index contributed by atoms with van der Waals surface area (Å²) in [6.45, 7) is -0.162. The van der Waals surface area contributed by atoms with Crippen molar-refractivity contribution in [1.29, 1.82) is 5.26 Å². The van der Waals surface area contributed by atoms with Crippen LogP contribution in [0.3, 0.4) is 0 Å². The molecular formula is C89H57BN6. The van der Waals surface area contributed by atoms with Gasteiger partial charge < -0.3 is 14.4 Å². The summed E-state index contributed by atoms with van der Waals surface area (Å²) in [5.74, 6) is 0.605. The molecule has 2 aliphatic heterocycles. The molecule has 0 unspecified atom stereocenters. The van der Waals surface area contributed by atoms with Crippen LogP contribution in [0.25, 0.3) is 117 Å². The molecule has 2 aliphatic rings. The van der Waals surface area contributed by atoms with Crippen LogP contribution in [0.1, 0.15) is 5.56 Å². The number of rotatable bonds is 11. The predicted molar refractivity (Wildman–Crippen MR) is 399 cm³/mol. The van der Waals surface area contributed by atoms with Crippen LogP contribution in [-0.2, 0) is 0 Å². The summed E-state index contributed by atoms with van der Waals surface area (Å²) in [5.41, 5.74) is 29.5. The topological polar surface area (TPSA) is 61.0 Å². The Bertz CT molecular complexity index is 5440. The van der Waals surface area contributed by atoms with E-state index in [2.05, 4.69) is 306 Å². The molecule has 2 aromatic heterocycles. The number of benzene rings is 14. The Balaban J connectivity index is 0.881. The lowest BCUT2D eigenvalue weighted by molar-refractivity contribution is 1.15. The van der Waals surface area contributed by atoms with E-state index in [1.807, 2.05) is 60.7 Å². The summed E-state index contributed by atoms with van der Waals surface area (Å²) in [5, 5.41) is 12.8. The van der Waals surface area contributed by atoms with Gasteiger partial charge in [0.2, 0.25) is 0 Å². The highest BCUT2D eigenvalue weighted by Gasteiger charge is 2.44. The molecule has 0 atom stereocenters. The molecule has 4 heterocycles. The molecule has 0 N–H and O–H groups in total. The zero-order valence-electron chi connectivity index (χ0n) is 52.2. The van der Waals surface area contributed by atoms with Crippen LogP contribution in [0.2, 0.25) is 0 Å². The van der Waals surface area contributed by atoms with Gasteiger partial charge in [-0.25, -0.2) is 9.97 Å². The normalized spacial score (nSPS) is 12.1. The van der Waals surface area contributed by atoms with Gasteiger partial charge in [-0.2, -0.15) is 5.26 Å². The average Bonchev–Trinajstić information content (AvgIpc) is 0.781. The number of nitriles is 1. The molecule has 0 saturated heterocycles. The van der Waals surface area contributed by atoms with Crippen molar-refractivity contribution < 1.29 is 0 Å². The van der Waals surface area contributed by atoms with Crippen LogP contribution in [0.15, 0.2) is 346 Å². The summed E-state index contributed by atoms with van der Waals surface area (Å²) < 4.78 is 2.35. The minimum Gasteiger partial charge on any atom is -0.311 e. The fraction of sp³-hybridized carbons (Fsp3) is 0. The number of fused-ring (bicyclic) bond motifs is 7. The van der Waals surface area contributed by atoms with Crippen molar-refractivity contribution in [3.8, 4) is 101 Å². The van der Waals surface area contributed by atoms with Crippen molar-refractivity contribution in [2.24, 2.45) is 0 Å². The Morgan fingerprint density at radius 3 is 1.21 bits per heavy atom. The zero-order valence-corrected chi connectivity index (χ0v) is 52.2. The molecule has 0 bridgehead atoms.